The van der Waals surface area contributed by atoms with Crippen LogP contribution in [0.2, 0.25) is 0 Å². The van der Waals surface area contributed by atoms with Crippen LogP contribution in [0.5, 0.6) is 0 Å². The largest absolute Gasteiger partial charge is 0.198 e. The van der Waals surface area contributed by atoms with Crippen LogP contribution in [0.4, 0.5) is 0 Å². The highest BCUT2D eigenvalue weighted by molar-refractivity contribution is 7.99. The van der Waals surface area contributed by atoms with Crippen LogP contribution in [0.3, 0.4) is 0 Å². The molecule has 15 heavy (non-hydrogen) atoms. The molecular formula is C13H17NS. The molecule has 1 nitrogen and oxygen atoms in total. The van der Waals surface area contributed by atoms with E-state index in [1.807, 2.05) is 11.8 Å². The van der Waals surface area contributed by atoms with Crippen molar-refractivity contribution in [1.82, 2.24) is 0 Å². The molecule has 0 fully saturated rings. The minimum atomic E-state index is 0.491. The first-order valence-electron chi connectivity index (χ1n) is 5.37. The molecule has 0 amide bonds. The Kier molecular flexibility index (Phi) is 5.28. The Morgan fingerprint density at radius 2 is 2.00 bits per heavy atom. The van der Waals surface area contributed by atoms with Gasteiger partial charge < -0.3 is 0 Å². The maximum absolute atomic E-state index is 8.52. The fraction of sp³-hybridized carbons (Fsp3) is 0.462. The summed E-state index contributed by atoms with van der Waals surface area (Å²) in [5.74, 6) is 1.61. The fourth-order valence-electron chi connectivity index (χ4n) is 1.51. The van der Waals surface area contributed by atoms with E-state index in [1.54, 1.807) is 0 Å². The zero-order valence-corrected chi connectivity index (χ0v) is 10.2. The molecule has 1 atom stereocenters. The average Bonchev–Trinajstić information content (AvgIpc) is 2.27. The van der Waals surface area contributed by atoms with E-state index in [0.29, 0.717) is 12.3 Å². The summed E-state index contributed by atoms with van der Waals surface area (Å²) in [5.41, 5.74) is 1.34. The summed E-state index contributed by atoms with van der Waals surface area (Å²) < 4.78 is 0. The quantitative estimate of drug-likeness (QED) is 0.693. The maximum Gasteiger partial charge on any atom is 0.0621 e. The molecule has 0 radical (unpaired) electrons. The molecule has 0 aliphatic rings. The molecule has 1 unspecified atom stereocenters. The van der Waals surface area contributed by atoms with E-state index in [-0.39, 0.29) is 0 Å². The number of hydrogen-bond acceptors (Lipinski definition) is 2. The molecule has 0 N–H and O–H groups in total. The predicted molar refractivity (Wildman–Crippen MR) is 66.1 cm³/mol. The van der Waals surface area contributed by atoms with Crippen molar-refractivity contribution in [1.29, 1.82) is 5.26 Å². The average molecular weight is 219 g/mol. The van der Waals surface area contributed by atoms with Crippen molar-refractivity contribution >= 4 is 11.8 Å². The Morgan fingerprint density at radius 3 is 2.53 bits per heavy atom. The van der Waals surface area contributed by atoms with Crippen LogP contribution >= 0.6 is 11.8 Å². The minimum absolute atomic E-state index is 0.491. The van der Waals surface area contributed by atoms with Gasteiger partial charge in [0.25, 0.3) is 0 Å². The van der Waals surface area contributed by atoms with Crippen molar-refractivity contribution in [3.63, 3.8) is 0 Å². The van der Waals surface area contributed by atoms with Crippen molar-refractivity contribution in [2.45, 2.75) is 37.5 Å². The van der Waals surface area contributed by atoms with Crippen LogP contribution < -0.4 is 0 Å². The molecule has 80 valence electrons. The van der Waals surface area contributed by atoms with Crippen molar-refractivity contribution in [2.75, 3.05) is 5.75 Å². The Hall–Kier alpha value is -0.940. The monoisotopic (exact) mass is 219 g/mol. The van der Waals surface area contributed by atoms with Gasteiger partial charge in [-0.25, -0.2) is 0 Å². The topological polar surface area (TPSA) is 23.8 Å². The molecular weight excluding hydrogens is 202 g/mol. The maximum atomic E-state index is 8.52. The van der Waals surface area contributed by atoms with Crippen LogP contribution in [0, 0.1) is 11.3 Å². The van der Waals surface area contributed by atoms with Gasteiger partial charge in [0.15, 0.2) is 0 Å². The number of hydrogen-bond donors (Lipinski definition) is 0. The zero-order chi connectivity index (χ0) is 11.1. The first kappa shape index (κ1) is 12.1. The zero-order valence-electron chi connectivity index (χ0n) is 9.36. The summed E-state index contributed by atoms with van der Waals surface area (Å²) in [6, 6.07) is 10.9. The first-order valence-corrected chi connectivity index (χ1v) is 6.36. The van der Waals surface area contributed by atoms with E-state index >= 15 is 0 Å². The lowest BCUT2D eigenvalue weighted by Crippen LogP contribution is -1.92. The van der Waals surface area contributed by atoms with Crippen LogP contribution in [-0.4, -0.2) is 5.75 Å². The van der Waals surface area contributed by atoms with Gasteiger partial charge in [-0.1, -0.05) is 26.0 Å². The summed E-state index contributed by atoms with van der Waals surface area (Å²) in [6.45, 7) is 4.34. The minimum Gasteiger partial charge on any atom is -0.198 e. The van der Waals surface area contributed by atoms with Gasteiger partial charge in [0, 0.05) is 11.3 Å². The third-order valence-electron chi connectivity index (χ3n) is 2.45. The molecule has 1 aromatic rings. The number of rotatable bonds is 5. The Labute approximate surface area is 96.5 Å². The Morgan fingerprint density at radius 1 is 1.33 bits per heavy atom. The molecule has 0 aliphatic carbocycles. The lowest BCUT2D eigenvalue weighted by Gasteiger charge is -2.10. The van der Waals surface area contributed by atoms with Crippen molar-refractivity contribution in [3.8, 4) is 6.07 Å². The van der Waals surface area contributed by atoms with Crippen molar-refractivity contribution in [2.24, 2.45) is 0 Å². The molecule has 0 bridgehead atoms. The van der Waals surface area contributed by atoms with Gasteiger partial charge in [0.1, 0.15) is 0 Å². The van der Waals surface area contributed by atoms with E-state index in [2.05, 4.69) is 44.2 Å². The predicted octanol–water partition coefficient (Wildman–Crippen LogP) is 4.21. The molecule has 2 heteroatoms. The van der Waals surface area contributed by atoms with Gasteiger partial charge in [0.05, 0.1) is 6.07 Å². The second-order valence-electron chi connectivity index (χ2n) is 3.60. The molecule has 0 spiro atoms. The summed E-state index contributed by atoms with van der Waals surface area (Å²) in [7, 11) is 0. The Balaban J connectivity index is 2.59. The molecule has 0 saturated heterocycles. The number of thioether (sulfide) groups is 1. The lowest BCUT2D eigenvalue weighted by molar-refractivity contribution is 0.695. The van der Waals surface area contributed by atoms with E-state index in [0.717, 1.165) is 12.2 Å². The van der Waals surface area contributed by atoms with Gasteiger partial charge in [-0.2, -0.15) is 5.26 Å². The molecule has 0 heterocycles. The first-order chi connectivity index (χ1) is 7.27. The number of nitriles is 1. The summed E-state index contributed by atoms with van der Waals surface area (Å²) in [5, 5.41) is 8.52. The van der Waals surface area contributed by atoms with Crippen LogP contribution in [-0.2, 0) is 0 Å². The van der Waals surface area contributed by atoms with Gasteiger partial charge in [-0.05, 0) is 35.8 Å². The van der Waals surface area contributed by atoms with Crippen LogP contribution in [0.1, 0.15) is 38.2 Å². The van der Waals surface area contributed by atoms with Crippen molar-refractivity contribution in [3.05, 3.63) is 29.8 Å². The molecule has 0 aliphatic heterocycles. The van der Waals surface area contributed by atoms with Crippen molar-refractivity contribution < 1.29 is 0 Å². The van der Waals surface area contributed by atoms with Gasteiger partial charge >= 0.3 is 0 Å². The fourth-order valence-corrected chi connectivity index (χ4v) is 2.17. The second-order valence-corrected chi connectivity index (χ2v) is 4.94. The number of benzene rings is 1. The van der Waals surface area contributed by atoms with E-state index in [1.165, 1.54) is 10.5 Å². The SMILES string of the molecule is CCSc1ccc(C(C)CCC#N)cc1. The Bertz CT molecular complexity index is 323. The molecule has 1 rings (SSSR count). The summed E-state index contributed by atoms with van der Waals surface area (Å²) in [6.07, 6.45) is 1.60. The van der Waals surface area contributed by atoms with E-state index in [9.17, 15) is 0 Å². The van der Waals surface area contributed by atoms with Crippen LogP contribution in [0.15, 0.2) is 29.2 Å². The third-order valence-corrected chi connectivity index (χ3v) is 3.34. The highest BCUT2D eigenvalue weighted by atomic mass is 32.2. The summed E-state index contributed by atoms with van der Waals surface area (Å²) >= 11 is 1.86. The van der Waals surface area contributed by atoms with E-state index < -0.39 is 0 Å². The molecule has 0 saturated carbocycles. The van der Waals surface area contributed by atoms with Crippen LogP contribution in [0.25, 0.3) is 0 Å². The highest BCUT2D eigenvalue weighted by Gasteiger charge is 2.04. The summed E-state index contributed by atoms with van der Waals surface area (Å²) in [4.78, 5) is 1.33. The lowest BCUT2D eigenvalue weighted by atomic mass is 9.97. The van der Waals surface area contributed by atoms with E-state index in [4.69, 9.17) is 5.26 Å². The van der Waals surface area contributed by atoms with Gasteiger partial charge in [0.2, 0.25) is 0 Å². The van der Waals surface area contributed by atoms with Gasteiger partial charge in [-0.3, -0.25) is 0 Å². The normalized spacial score (nSPS) is 12.1. The molecule has 1 aromatic carbocycles. The smallest absolute Gasteiger partial charge is 0.0621 e. The third kappa shape index (κ3) is 3.97. The standard InChI is InChI=1S/C13H17NS/c1-3-15-13-8-6-12(7-9-13)11(2)5-4-10-14/h6-9,11H,3-5H2,1-2H3. The number of nitrogens with zero attached hydrogens (tertiary/aromatic N) is 1. The highest BCUT2D eigenvalue weighted by Crippen LogP contribution is 2.24. The molecule has 0 aromatic heterocycles. The van der Waals surface area contributed by atoms with Gasteiger partial charge in [-0.15, -0.1) is 11.8 Å². The second kappa shape index (κ2) is 6.53.